The van der Waals surface area contributed by atoms with E-state index in [2.05, 4.69) is 38.1 Å². The molecule has 1 aliphatic rings. The predicted molar refractivity (Wildman–Crippen MR) is 119 cm³/mol. The zero-order valence-corrected chi connectivity index (χ0v) is 19.4. The number of alkyl carbamates (subject to hydrolysis) is 1. The smallest absolute Gasteiger partial charge is 0.407 e. The Balaban J connectivity index is 1.88. The van der Waals surface area contributed by atoms with Crippen molar-refractivity contribution < 1.29 is 14.3 Å². The molecule has 162 valence electrons. The van der Waals surface area contributed by atoms with Gasteiger partial charge in [-0.3, -0.25) is 4.79 Å². The number of carbonyl (C=O) groups excluding carboxylic acids is 2. The summed E-state index contributed by atoms with van der Waals surface area (Å²) in [5.74, 6) is 0.620. The molecule has 2 aromatic rings. The quantitative estimate of drug-likeness (QED) is 0.634. The third-order valence-electron chi connectivity index (χ3n) is 5.69. The number of ether oxygens (including phenoxy) is 1. The maximum absolute atomic E-state index is 13.5. The van der Waals surface area contributed by atoms with Crippen molar-refractivity contribution in [1.82, 2.24) is 20.2 Å². The summed E-state index contributed by atoms with van der Waals surface area (Å²) in [4.78, 5) is 35.2. The molecule has 30 heavy (non-hydrogen) atoms. The van der Waals surface area contributed by atoms with E-state index in [-0.39, 0.29) is 23.9 Å². The Morgan fingerprint density at radius 2 is 2.00 bits per heavy atom. The summed E-state index contributed by atoms with van der Waals surface area (Å²) in [5, 5.41) is 2.71. The van der Waals surface area contributed by atoms with Gasteiger partial charge in [-0.25, -0.2) is 9.78 Å². The van der Waals surface area contributed by atoms with Gasteiger partial charge in [0.1, 0.15) is 11.9 Å². The summed E-state index contributed by atoms with van der Waals surface area (Å²) in [6.07, 6.45) is 3.81. The fraction of sp³-hybridized carbons (Fsp3) is 0.500. The Labute approximate surface area is 185 Å². The van der Waals surface area contributed by atoms with Crippen LogP contribution in [0.25, 0.3) is 11.3 Å². The van der Waals surface area contributed by atoms with E-state index >= 15 is 0 Å². The molecule has 2 N–H and O–H groups in total. The molecular weight excluding hydrogens is 448 g/mol. The van der Waals surface area contributed by atoms with Crippen molar-refractivity contribution in [1.29, 1.82) is 0 Å². The summed E-state index contributed by atoms with van der Waals surface area (Å²) in [6, 6.07) is 7.33. The van der Waals surface area contributed by atoms with E-state index in [0.29, 0.717) is 0 Å². The number of amides is 2. The van der Waals surface area contributed by atoms with Gasteiger partial charge in [0.05, 0.1) is 25.0 Å². The monoisotopic (exact) mass is 476 g/mol. The van der Waals surface area contributed by atoms with Crippen LogP contribution >= 0.6 is 15.9 Å². The Morgan fingerprint density at radius 1 is 1.30 bits per heavy atom. The Hall–Kier alpha value is -2.35. The second-order valence-electron chi connectivity index (χ2n) is 7.95. The molecule has 1 aliphatic heterocycles. The second-order valence-corrected chi connectivity index (χ2v) is 8.86. The molecule has 0 bridgehead atoms. The molecule has 0 unspecified atom stereocenters. The van der Waals surface area contributed by atoms with Crippen LogP contribution in [0.5, 0.6) is 0 Å². The summed E-state index contributed by atoms with van der Waals surface area (Å²) >= 11 is 3.45. The van der Waals surface area contributed by atoms with Gasteiger partial charge in [-0.05, 0) is 42.9 Å². The van der Waals surface area contributed by atoms with Crippen molar-refractivity contribution >= 4 is 27.9 Å². The van der Waals surface area contributed by atoms with Gasteiger partial charge in [-0.2, -0.15) is 0 Å². The number of methoxy groups -OCH3 is 1. The molecule has 1 saturated heterocycles. The maximum Gasteiger partial charge on any atom is 0.407 e. The van der Waals surface area contributed by atoms with Crippen LogP contribution in [0.3, 0.4) is 0 Å². The van der Waals surface area contributed by atoms with Crippen molar-refractivity contribution in [3.8, 4) is 11.3 Å². The third kappa shape index (κ3) is 4.69. The van der Waals surface area contributed by atoms with Gasteiger partial charge in [0.25, 0.3) is 0 Å². The van der Waals surface area contributed by atoms with Gasteiger partial charge in [-0.15, -0.1) is 0 Å². The van der Waals surface area contributed by atoms with Gasteiger partial charge < -0.3 is 19.9 Å². The van der Waals surface area contributed by atoms with Crippen LogP contribution in [-0.2, 0) is 9.53 Å². The highest BCUT2D eigenvalue weighted by Crippen LogP contribution is 2.38. The number of nitrogens with zero attached hydrogens (tertiary/aromatic N) is 2. The maximum atomic E-state index is 13.5. The number of benzene rings is 1. The van der Waals surface area contributed by atoms with Gasteiger partial charge in [0.15, 0.2) is 0 Å². The van der Waals surface area contributed by atoms with Crippen LogP contribution in [0.4, 0.5) is 4.79 Å². The Bertz CT molecular complexity index is 881. The number of imidazole rings is 1. The van der Waals surface area contributed by atoms with Crippen LogP contribution in [0.15, 0.2) is 34.9 Å². The Kier molecular flexibility index (Phi) is 7.18. The lowest BCUT2D eigenvalue weighted by Gasteiger charge is -2.34. The standard InChI is InChI=1S/C22H29BrN4O3/c1-5-16-10-11-18(27(16)21(28)19(13(2)3)26-22(29)30-4)20-24-12-17(25-20)14-6-8-15(23)9-7-14/h6-9,12-13,16,18-19H,5,10-11H2,1-4H3,(H,24,25)(H,26,29)/t16-,18+,19+/m1/s1. The summed E-state index contributed by atoms with van der Waals surface area (Å²) < 4.78 is 5.74. The highest BCUT2D eigenvalue weighted by atomic mass is 79.9. The Morgan fingerprint density at radius 3 is 2.60 bits per heavy atom. The second kappa shape index (κ2) is 9.64. The summed E-state index contributed by atoms with van der Waals surface area (Å²) in [6.45, 7) is 5.92. The van der Waals surface area contributed by atoms with Gasteiger partial charge in [-0.1, -0.05) is 48.8 Å². The summed E-state index contributed by atoms with van der Waals surface area (Å²) in [5.41, 5.74) is 1.95. The molecule has 0 radical (unpaired) electrons. The third-order valence-corrected chi connectivity index (χ3v) is 6.21. The molecule has 7 nitrogen and oxygen atoms in total. The van der Waals surface area contributed by atoms with E-state index in [0.717, 1.165) is 40.8 Å². The number of likely N-dealkylation sites (tertiary alicyclic amines) is 1. The van der Waals surface area contributed by atoms with Gasteiger partial charge in [0.2, 0.25) is 5.91 Å². The SMILES string of the molecule is CC[C@@H]1CC[C@@H](c2ncc(-c3ccc(Br)cc3)[nH]2)N1C(=O)[C@@H](NC(=O)OC)C(C)C. The van der Waals surface area contributed by atoms with Crippen LogP contribution in [-0.4, -0.2) is 46.1 Å². The first-order valence-corrected chi connectivity index (χ1v) is 11.1. The number of aromatic nitrogens is 2. The van der Waals surface area contributed by atoms with Crippen molar-refractivity contribution in [3.05, 3.63) is 40.8 Å². The number of nitrogens with one attached hydrogen (secondary N) is 2. The minimum atomic E-state index is -0.645. The van der Waals surface area contributed by atoms with Crippen LogP contribution < -0.4 is 5.32 Å². The van der Waals surface area contributed by atoms with Crippen LogP contribution in [0.1, 0.15) is 51.9 Å². The first kappa shape index (κ1) is 22.3. The molecule has 2 amide bonds. The minimum absolute atomic E-state index is 0.0646. The predicted octanol–water partition coefficient (Wildman–Crippen LogP) is 4.66. The number of halogens is 1. The molecule has 1 fully saturated rings. The average molecular weight is 477 g/mol. The molecule has 0 aliphatic carbocycles. The zero-order valence-electron chi connectivity index (χ0n) is 17.8. The van der Waals surface area contributed by atoms with Crippen LogP contribution in [0.2, 0.25) is 0 Å². The van der Waals surface area contributed by atoms with Gasteiger partial charge >= 0.3 is 6.09 Å². The molecule has 3 rings (SSSR count). The van der Waals surface area contributed by atoms with Crippen molar-refractivity contribution in [3.63, 3.8) is 0 Å². The lowest BCUT2D eigenvalue weighted by atomic mass is 10.0. The van der Waals surface area contributed by atoms with E-state index in [1.54, 1.807) is 0 Å². The molecule has 0 spiro atoms. The number of H-pyrrole nitrogens is 1. The molecule has 0 saturated carbocycles. The highest BCUT2D eigenvalue weighted by Gasteiger charge is 2.42. The molecule has 2 heterocycles. The number of hydrogen-bond acceptors (Lipinski definition) is 4. The average Bonchev–Trinajstić information content (AvgIpc) is 3.38. The number of rotatable bonds is 6. The molecule has 1 aromatic carbocycles. The molecular formula is C22H29BrN4O3. The van der Waals surface area contributed by atoms with E-state index in [4.69, 9.17) is 4.74 Å². The van der Waals surface area contributed by atoms with E-state index in [9.17, 15) is 9.59 Å². The molecule has 3 atom stereocenters. The van der Waals surface area contributed by atoms with Crippen molar-refractivity contribution in [2.24, 2.45) is 5.92 Å². The zero-order chi connectivity index (χ0) is 21.8. The number of hydrogen-bond donors (Lipinski definition) is 2. The summed E-state index contributed by atoms with van der Waals surface area (Å²) in [7, 11) is 1.30. The van der Waals surface area contributed by atoms with Crippen molar-refractivity contribution in [2.45, 2.75) is 58.2 Å². The van der Waals surface area contributed by atoms with E-state index in [1.807, 2.05) is 49.2 Å². The highest BCUT2D eigenvalue weighted by molar-refractivity contribution is 9.10. The first-order valence-electron chi connectivity index (χ1n) is 10.3. The van der Waals surface area contributed by atoms with Crippen molar-refractivity contribution in [2.75, 3.05) is 7.11 Å². The lowest BCUT2D eigenvalue weighted by Crippen LogP contribution is -2.53. The van der Waals surface area contributed by atoms with Gasteiger partial charge in [0, 0.05) is 10.5 Å². The molecule has 1 aromatic heterocycles. The van der Waals surface area contributed by atoms with Crippen LogP contribution in [0, 0.1) is 5.92 Å². The normalized spacial score (nSPS) is 19.7. The number of aromatic amines is 1. The fourth-order valence-electron chi connectivity index (χ4n) is 4.03. The minimum Gasteiger partial charge on any atom is -0.453 e. The largest absolute Gasteiger partial charge is 0.453 e. The van der Waals surface area contributed by atoms with E-state index < -0.39 is 12.1 Å². The lowest BCUT2D eigenvalue weighted by molar-refractivity contribution is -0.137. The first-order chi connectivity index (χ1) is 14.3. The fourth-order valence-corrected chi connectivity index (χ4v) is 4.29. The molecule has 8 heteroatoms. The number of carbonyl (C=O) groups is 2. The van der Waals surface area contributed by atoms with E-state index in [1.165, 1.54) is 7.11 Å². The topological polar surface area (TPSA) is 87.3 Å².